The van der Waals surface area contributed by atoms with E-state index in [1.165, 1.54) is 0 Å². The van der Waals surface area contributed by atoms with Crippen LogP contribution in [-0.2, 0) is 4.74 Å². The smallest absolute Gasteiger partial charge is 0.134 e. The minimum absolute atomic E-state index is 0.0438. The van der Waals surface area contributed by atoms with E-state index in [-0.39, 0.29) is 6.61 Å². The normalized spacial score (nSPS) is 10.8. The molecule has 0 spiro atoms. The van der Waals surface area contributed by atoms with E-state index in [0.717, 1.165) is 28.0 Å². The maximum atomic E-state index is 8.62. The first-order valence-electron chi connectivity index (χ1n) is 6.30. The van der Waals surface area contributed by atoms with Gasteiger partial charge in [-0.05, 0) is 19.1 Å². The number of aryl methyl sites for hydroxylation is 1. The second-order valence-electron chi connectivity index (χ2n) is 4.32. The Hall–Kier alpha value is -1.85. The Balaban J connectivity index is 2.16. The molecule has 0 fully saturated rings. The van der Waals surface area contributed by atoms with Crippen LogP contribution in [0.5, 0.6) is 0 Å². The highest BCUT2D eigenvalue weighted by atomic mass is 16.5. The van der Waals surface area contributed by atoms with Gasteiger partial charge in [-0.15, -0.1) is 0 Å². The lowest BCUT2D eigenvalue weighted by Crippen LogP contribution is -2.12. The number of nitrogens with two attached hydrogens (primary N) is 1. The van der Waals surface area contributed by atoms with E-state index in [9.17, 15) is 0 Å². The number of hydrogen-bond acceptors (Lipinski definition) is 5. The quantitative estimate of drug-likeness (QED) is 0.543. The fraction of sp³-hybridized carbons (Fsp3) is 0.357. The second-order valence-corrected chi connectivity index (χ2v) is 4.32. The number of fused-ring (bicyclic) bond motifs is 1. The molecule has 0 amide bonds. The molecule has 0 radical (unpaired) electrons. The van der Waals surface area contributed by atoms with Crippen molar-refractivity contribution < 1.29 is 9.84 Å². The molecule has 102 valence electrons. The van der Waals surface area contributed by atoms with E-state index < -0.39 is 0 Å². The highest BCUT2D eigenvalue weighted by Gasteiger charge is 2.05. The highest BCUT2D eigenvalue weighted by Crippen LogP contribution is 2.26. The van der Waals surface area contributed by atoms with Gasteiger partial charge in [0, 0.05) is 28.7 Å². The Labute approximate surface area is 112 Å². The number of rotatable bonds is 6. The van der Waals surface area contributed by atoms with Crippen LogP contribution in [0.1, 0.15) is 5.69 Å². The first kappa shape index (κ1) is 13.6. The molecule has 0 aliphatic rings. The summed E-state index contributed by atoms with van der Waals surface area (Å²) in [4.78, 5) is 4.49. The largest absolute Gasteiger partial charge is 0.398 e. The molecule has 0 aliphatic heterocycles. The van der Waals surface area contributed by atoms with E-state index in [1.54, 1.807) is 0 Å². The highest BCUT2D eigenvalue weighted by molar-refractivity contribution is 5.99. The van der Waals surface area contributed by atoms with Gasteiger partial charge in [0.25, 0.3) is 0 Å². The molecule has 4 N–H and O–H groups in total. The van der Waals surface area contributed by atoms with Crippen molar-refractivity contribution in [2.45, 2.75) is 6.92 Å². The fourth-order valence-electron chi connectivity index (χ4n) is 1.97. The van der Waals surface area contributed by atoms with Gasteiger partial charge in [-0.25, -0.2) is 4.98 Å². The number of aliphatic hydroxyl groups excluding tert-OH is 1. The number of pyridine rings is 1. The van der Waals surface area contributed by atoms with E-state index in [4.69, 9.17) is 15.6 Å². The number of hydrogen-bond donors (Lipinski definition) is 3. The van der Waals surface area contributed by atoms with Crippen LogP contribution in [0, 0.1) is 6.92 Å². The summed E-state index contributed by atoms with van der Waals surface area (Å²) in [5.41, 5.74) is 7.65. The summed E-state index contributed by atoms with van der Waals surface area (Å²) in [6.45, 7) is 3.51. The third-order valence-corrected chi connectivity index (χ3v) is 2.81. The molecule has 2 aromatic rings. The maximum Gasteiger partial charge on any atom is 0.134 e. The van der Waals surface area contributed by atoms with E-state index in [0.29, 0.717) is 19.8 Å². The van der Waals surface area contributed by atoms with Crippen molar-refractivity contribution in [3.63, 3.8) is 0 Å². The number of nitrogens with one attached hydrogen (secondary N) is 1. The van der Waals surface area contributed by atoms with Crippen LogP contribution in [0.15, 0.2) is 24.3 Å². The van der Waals surface area contributed by atoms with Gasteiger partial charge in [-0.2, -0.15) is 0 Å². The molecule has 0 aliphatic carbocycles. The third kappa shape index (κ3) is 3.33. The number of nitrogens with zero attached hydrogens (tertiary/aromatic N) is 1. The summed E-state index contributed by atoms with van der Waals surface area (Å²) < 4.78 is 5.21. The minimum atomic E-state index is 0.0438. The van der Waals surface area contributed by atoms with E-state index in [1.807, 2.05) is 31.2 Å². The Kier molecular flexibility index (Phi) is 4.54. The zero-order chi connectivity index (χ0) is 13.7. The lowest BCUT2D eigenvalue weighted by molar-refractivity contribution is 0.0992. The molecule has 2 rings (SSSR count). The first-order valence-corrected chi connectivity index (χ1v) is 6.30. The van der Waals surface area contributed by atoms with Crippen LogP contribution in [0.2, 0.25) is 0 Å². The summed E-state index contributed by atoms with van der Waals surface area (Å²) in [5, 5.41) is 13.9. The number of nitrogen functional groups attached to an aromatic ring is 1. The number of anilines is 2. The second kappa shape index (κ2) is 6.36. The molecule has 5 nitrogen and oxygen atoms in total. The zero-order valence-electron chi connectivity index (χ0n) is 11.0. The molecular formula is C14H19N3O2. The molecule has 0 unspecified atom stereocenters. The van der Waals surface area contributed by atoms with Crippen molar-refractivity contribution in [3.05, 3.63) is 30.0 Å². The summed E-state index contributed by atoms with van der Waals surface area (Å²) >= 11 is 0. The molecule has 1 heterocycles. The lowest BCUT2D eigenvalue weighted by Gasteiger charge is -2.11. The van der Waals surface area contributed by atoms with Crippen molar-refractivity contribution in [2.24, 2.45) is 0 Å². The van der Waals surface area contributed by atoms with Crippen molar-refractivity contribution >= 4 is 22.3 Å². The Morgan fingerprint density at radius 1 is 1.32 bits per heavy atom. The Morgan fingerprint density at radius 3 is 2.95 bits per heavy atom. The number of aliphatic hydroxyl groups is 1. The predicted octanol–water partition coefficient (Wildman–Crippen LogP) is 1.55. The molecule has 0 atom stereocenters. The van der Waals surface area contributed by atoms with Crippen molar-refractivity contribution in [1.29, 1.82) is 0 Å². The fourth-order valence-corrected chi connectivity index (χ4v) is 1.97. The van der Waals surface area contributed by atoms with Gasteiger partial charge in [0.15, 0.2) is 0 Å². The molecule has 0 bridgehead atoms. The van der Waals surface area contributed by atoms with Crippen LogP contribution in [0.3, 0.4) is 0 Å². The molecule has 0 saturated carbocycles. The number of aromatic nitrogens is 1. The third-order valence-electron chi connectivity index (χ3n) is 2.81. The molecule has 19 heavy (non-hydrogen) atoms. The number of ether oxygens (including phenoxy) is 1. The van der Waals surface area contributed by atoms with Gasteiger partial charge in [-0.3, -0.25) is 0 Å². The summed E-state index contributed by atoms with van der Waals surface area (Å²) in [6, 6.07) is 7.78. The summed E-state index contributed by atoms with van der Waals surface area (Å²) in [5.74, 6) is 0.815. The van der Waals surface area contributed by atoms with Crippen LogP contribution >= 0.6 is 0 Å². The standard InChI is InChI=1S/C14H19N3O2/c1-10-9-12-11(3-2-4-13(12)15)14(17-10)16-5-7-19-8-6-18/h2-4,9,18H,5-8,15H2,1H3,(H,16,17). The van der Waals surface area contributed by atoms with Crippen LogP contribution in [0.25, 0.3) is 10.8 Å². The molecular weight excluding hydrogens is 242 g/mol. The van der Waals surface area contributed by atoms with Gasteiger partial charge in [0.1, 0.15) is 5.82 Å². The molecule has 1 aromatic carbocycles. The summed E-state index contributed by atoms with van der Waals surface area (Å²) in [6.07, 6.45) is 0. The Morgan fingerprint density at radius 2 is 2.16 bits per heavy atom. The van der Waals surface area contributed by atoms with Crippen LogP contribution in [0.4, 0.5) is 11.5 Å². The predicted molar refractivity (Wildman–Crippen MR) is 77.3 cm³/mol. The SMILES string of the molecule is Cc1cc2c(N)cccc2c(NCCOCCO)n1. The van der Waals surface area contributed by atoms with Gasteiger partial charge in [0.2, 0.25) is 0 Å². The minimum Gasteiger partial charge on any atom is -0.398 e. The van der Waals surface area contributed by atoms with Gasteiger partial charge >= 0.3 is 0 Å². The van der Waals surface area contributed by atoms with E-state index in [2.05, 4.69) is 10.3 Å². The van der Waals surface area contributed by atoms with Gasteiger partial charge in [-0.1, -0.05) is 12.1 Å². The Bertz CT molecular complexity index is 558. The monoisotopic (exact) mass is 261 g/mol. The molecule has 5 heteroatoms. The van der Waals surface area contributed by atoms with Crippen molar-refractivity contribution in [3.8, 4) is 0 Å². The first-order chi connectivity index (χ1) is 9.22. The summed E-state index contributed by atoms with van der Waals surface area (Å²) in [7, 11) is 0. The number of benzene rings is 1. The lowest BCUT2D eigenvalue weighted by atomic mass is 10.1. The van der Waals surface area contributed by atoms with Gasteiger partial charge < -0.3 is 20.9 Å². The van der Waals surface area contributed by atoms with Crippen LogP contribution in [-0.4, -0.2) is 36.5 Å². The maximum absolute atomic E-state index is 8.62. The van der Waals surface area contributed by atoms with Crippen molar-refractivity contribution in [1.82, 2.24) is 4.98 Å². The topological polar surface area (TPSA) is 80.4 Å². The average Bonchev–Trinajstić information content (AvgIpc) is 2.39. The zero-order valence-corrected chi connectivity index (χ0v) is 11.0. The van der Waals surface area contributed by atoms with Crippen molar-refractivity contribution in [2.75, 3.05) is 37.4 Å². The van der Waals surface area contributed by atoms with E-state index >= 15 is 0 Å². The van der Waals surface area contributed by atoms with Crippen LogP contribution < -0.4 is 11.1 Å². The van der Waals surface area contributed by atoms with Gasteiger partial charge in [0.05, 0.1) is 19.8 Å². The molecule has 1 aromatic heterocycles. The molecule has 0 saturated heterocycles. The average molecular weight is 261 g/mol.